The van der Waals surface area contributed by atoms with Crippen LogP contribution in [-0.2, 0) is 11.3 Å². The van der Waals surface area contributed by atoms with Gasteiger partial charge < -0.3 is 15.0 Å². The fourth-order valence-corrected chi connectivity index (χ4v) is 2.11. The summed E-state index contributed by atoms with van der Waals surface area (Å²) in [6.45, 7) is 5.73. The molecule has 1 aromatic heterocycles. The van der Waals surface area contributed by atoms with Crippen molar-refractivity contribution in [2.45, 2.75) is 32.8 Å². The Hall–Kier alpha value is -1.36. The summed E-state index contributed by atoms with van der Waals surface area (Å²) in [5, 5.41) is 3.32. The van der Waals surface area contributed by atoms with E-state index in [4.69, 9.17) is 4.74 Å². The Balaban J connectivity index is 2.17. The summed E-state index contributed by atoms with van der Waals surface area (Å²) in [4.78, 5) is 11.4. The molecule has 1 aromatic rings. The standard InChI is InChI=1S/C13H22N4O/c1-3-6-14-12-9-11(10-18-2)15-13(16-12)17-7-4-5-8-17/h9H,3-8,10H2,1-2H3,(H,14,15,16). The van der Waals surface area contributed by atoms with Crippen molar-refractivity contribution in [1.29, 1.82) is 0 Å². The predicted octanol–water partition coefficient (Wildman–Crippen LogP) is 2.05. The molecule has 0 saturated carbocycles. The zero-order valence-corrected chi connectivity index (χ0v) is 11.3. The van der Waals surface area contributed by atoms with E-state index in [1.54, 1.807) is 7.11 Å². The Bertz CT molecular complexity index is 377. The number of rotatable bonds is 6. The largest absolute Gasteiger partial charge is 0.378 e. The SMILES string of the molecule is CCCNc1cc(COC)nc(N2CCCC2)n1. The molecule has 0 bridgehead atoms. The van der Waals surface area contributed by atoms with Gasteiger partial charge in [0.15, 0.2) is 0 Å². The van der Waals surface area contributed by atoms with E-state index < -0.39 is 0 Å². The van der Waals surface area contributed by atoms with Crippen molar-refractivity contribution < 1.29 is 4.74 Å². The first-order valence-electron chi connectivity index (χ1n) is 6.69. The van der Waals surface area contributed by atoms with Gasteiger partial charge in [-0.15, -0.1) is 0 Å². The minimum absolute atomic E-state index is 0.532. The van der Waals surface area contributed by atoms with Crippen LogP contribution in [0.25, 0.3) is 0 Å². The molecule has 1 aliphatic rings. The number of nitrogens with zero attached hydrogens (tertiary/aromatic N) is 3. The van der Waals surface area contributed by atoms with Crippen molar-refractivity contribution in [3.05, 3.63) is 11.8 Å². The number of hydrogen-bond acceptors (Lipinski definition) is 5. The van der Waals surface area contributed by atoms with Crippen LogP contribution in [0.1, 0.15) is 31.9 Å². The summed E-state index contributed by atoms with van der Waals surface area (Å²) < 4.78 is 5.17. The molecule has 0 amide bonds. The van der Waals surface area contributed by atoms with Gasteiger partial charge in [0.1, 0.15) is 5.82 Å². The highest BCUT2D eigenvalue weighted by Gasteiger charge is 2.16. The zero-order chi connectivity index (χ0) is 12.8. The van der Waals surface area contributed by atoms with E-state index in [1.165, 1.54) is 12.8 Å². The van der Waals surface area contributed by atoms with E-state index >= 15 is 0 Å². The van der Waals surface area contributed by atoms with Gasteiger partial charge in [-0.25, -0.2) is 4.98 Å². The van der Waals surface area contributed by atoms with Crippen LogP contribution in [0, 0.1) is 0 Å². The quantitative estimate of drug-likeness (QED) is 0.837. The van der Waals surface area contributed by atoms with Crippen molar-refractivity contribution in [2.24, 2.45) is 0 Å². The molecule has 5 nitrogen and oxygen atoms in total. The van der Waals surface area contributed by atoms with E-state index in [1.807, 2.05) is 6.07 Å². The summed E-state index contributed by atoms with van der Waals surface area (Å²) in [5.41, 5.74) is 0.938. The third kappa shape index (κ3) is 3.32. The normalized spacial score (nSPS) is 15.1. The fourth-order valence-electron chi connectivity index (χ4n) is 2.11. The highest BCUT2D eigenvalue weighted by atomic mass is 16.5. The molecule has 18 heavy (non-hydrogen) atoms. The summed E-state index contributed by atoms with van der Waals surface area (Å²) in [6, 6.07) is 1.97. The average molecular weight is 250 g/mol. The molecule has 0 radical (unpaired) electrons. The molecule has 1 aliphatic heterocycles. The molecule has 0 spiro atoms. The van der Waals surface area contributed by atoms with Gasteiger partial charge in [0.05, 0.1) is 12.3 Å². The molecule has 0 aliphatic carbocycles. The van der Waals surface area contributed by atoms with E-state index in [-0.39, 0.29) is 0 Å². The maximum absolute atomic E-state index is 5.17. The Morgan fingerprint density at radius 1 is 1.33 bits per heavy atom. The van der Waals surface area contributed by atoms with Gasteiger partial charge in [-0.05, 0) is 19.3 Å². The van der Waals surface area contributed by atoms with E-state index in [0.29, 0.717) is 6.61 Å². The van der Waals surface area contributed by atoms with Crippen LogP contribution in [0.4, 0.5) is 11.8 Å². The molecule has 0 atom stereocenters. The molecule has 1 N–H and O–H groups in total. The van der Waals surface area contributed by atoms with E-state index in [2.05, 4.69) is 27.1 Å². The van der Waals surface area contributed by atoms with Crippen LogP contribution in [0.3, 0.4) is 0 Å². The molecule has 100 valence electrons. The molecule has 2 rings (SSSR count). The number of methoxy groups -OCH3 is 1. The van der Waals surface area contributed by atoms with Gasteiger partial charge in [-0.3, -0.25) is 0 Å². The van der Waals surface area contributed by atoms with Crippen molar-refractivity contribution in [1.82, 2.24) is 9.97 Å². The number of ether oxygens (including phenoxy) is 1. The van der Waals surface area contributed by atoms with E-state index in [0.717, 1.165) is 43.5 Å². The fraction of sp³-hybridized carbons (Fsp3) is 0.692. The van der Waals surface area contributed by atoms with Crippen molar-refractivity contribution in [2.75, 3.05) is 37.0 Å². The second kappa shape index (κ2) is 6.54. The number of nitrogens with one attached hydrogen (secondary N) is 1. The molecule has 0 unspecified atom stereocenters. The van der Waals surface area contributed by atoms with Crippen molar-refractivity contribution in [3.8, 4) is 0 Å². The van der Waals surface area contributed by atoms with Crippen LogP contribution < -0.4 is 10.2 Å². The first kappa shape index (κ1) is 13.1. The Morgan fingerprint density at radius 3 is 2.78 bits per heavy atom. The minimum atomic E-state index is 0.532. The summed E-state index contributed by atoms with van der Waals surface area (Å²) in [6.07, 6.45) is 3.55. The topological polar surface area (TPSA) is 50.3 Å². The highest BCUT2D eigenvalue weighted by Crippen LogP contribution is 2.19. The van der Waals surface area contributed by atoms with Crippen LogP contribution in [0.15, 0.2) is 6.07 Å². The predicted molar refractivity (Wildman–Crippen MR) is 73.0 cm³/mol. The monoisotopic (exact) mass is 250 g/mol. The first-order valence-corrected chi connectivity index (χ1v) is 6.69. The van der Waals surface area contributed by atoms with Gasteiger partial charge in [-0.2, -0.15) is 4.98 Å². The lowest BCUT2D eigenvalue weighted by atomic mass is 10.4. The maximum atomic E-state index is 5.17. The van der Waals surface area contributed by atoms with Crippen LogP contribution in [0.2, 0.25) is 0 Å². The van der Waals surface area contributed by atoms with Gasteiger partial charge in [-0.1, -0.05) is 6.92 Å². The van der Waals surface area contributed by atoms with E-state index in [9.17, 15) is 0 Å². The number of anilines is 2. The van der Waals surface area contributed by atoms with Crippen LogP contribution in [0.5, 0.6) is 0 Å². The molecule has 2 heterocycles. The maximum Gasteiger partial charge on any atom is 0.227 e. The van der Waals surface area contributed by atoms with Crippen LogP contribution in [-0.4, -0.2) is 36.7 Å². The molecule has 1 fully saturated rings. The molecular weight excluding hydrogens is 228 g/mol. The lowest BCUT2D eigenvalue weighted by Crippen LogP contribution is -2.21. The Morgan fingerprint density at radius 2 is 2.11 bits per heavy atom. The highest BCUT2D eigenvalue weighted by molar-refractivity contribution is 5.44. The molecule has 0 aromatic carbocycles. The third-order valence-electron chi connectivity index (χ3n) is 3.00. The summed E-state index contributed by atoms with van der Waals surface area (Å²) in [5.74, 6) is 1.74. The second-order valence-electron chi connectivity index (χ2n) is 4.60. The van der Waals surface area contributed by atoms with Gasteiger partial charge in [0.2, 0.25) is 5.95 Å². The third-order valence-corrected chi connectivity index (χ3v) is 3.00. The molecular formula is C13H22N4O. The second-order valence-corrected chi connectivity index (χ2v) is 4.60. The Kier molecular flexibility index (Phi) is 4.75. The lowest BCUT2D eigenvalue weighted by molar-refractivity contribution is 0.181. The van der Waals surface area contributed by atoms with Crippen molar-refractivity contribution in [3.63, 3.8) is 0 Å². The van der Waals surface area contributed by atoms with Gasteiger partial charge in [0.25, 0.3) is 0 Å². The number of aromatic nitrogens is 2. The van der Waals surface area contributed by atoms with Crippen LogP contribution >= 0.6 is 0 Å². The first-order chi connectivity index (χ1) is 8.83. The zero-order valence-electron chi connectivity index (χ0n) is 11.3. The number of hydrogen-bond donors (Lipinski definition) is 1. The minimum Gasteiger partial charge on any atom is -0.378 e. The lowest BCUT2D eigenvalue weighted by Gasteiger charge is -2.17. The summed E-state index contributed by atoms with van der Waals surface area (Å²) in [7, 11) is 1.69. The average Bonchev–Trinajstić information content (AvgIpc) is 2.90. The van der Waals surface area contributed by atoms with Gasteiger partial charge in [0, 0.05) is 32.8 Å². The molecule has 1 saturated heterocycles. The van der Waals surface area contributed by atoms with Crippen molar-refractivity contribution >= 4 is 11.8 Å². The smallest absolute Gasteiger partial charge is 0.227 e. The van der Waals surface area contributed by atoms with Gasteiger partial charge >= 0.3 is 0 Å². The summed E-state index contributed by atoms with van der Waals surface area (Å²) >= 11 is 0. The Labute approximate surface area is 109 Å². The molecule has 5 heteroatoms.